The van der Waals surface area contributed by atoms with Crippen LogP contribution in [0, 0.1) is 5.82 Å². The number of imide groups is 1. The van der Waals surface area contributed by atoms with Crippen LogP contribution in [0.25, 0.3) is 6.08 Å². The summed E-state index contributed by atoms with van der Waals surface area (Å²) in [5.41, 5.74) is 0.944. The van der Waals surface area contributed by atoms with Crippen molar-refractivity contribution in [3.05, 3.63) is 41.2 Å². The fourth-order valence-corrected chi connectivity index (χ4v) is 2.26. The third kappa shape index (κ3) is 4.48. The number of benzene rings is 1. The van der Waals surface area contributed by atoms with Gasteiger partial charge in [0.25, 0.3) is 5.91 Å². The summed E-state index contributed by atoms with van der Waals surface area (Å²) in [6.07, 6.45) is 3.31. The van der Waals surface area contributed by atoms with Gasteiger partial charge in [-0.15, -0.1) is 0 Å². The van der Waals surface area contributed by atoms with E-state index in [0.29, 0.717) is 17.7 Å². The zero-order valence-electron chi connectivity index (χ0n) is 13.0. The molecular weight excluding hydrogens is 299 g/mol. The van der Waals surface area contributed by atoms with Gasteiger partial charge in [-0.1, -0.05) is 25.5 Å². The molecule has 1 N–H and O–H groups in total. The summed E-state index contributed by atoms with van der Waals surface area (Å²) in [5, 5.41) is 2.68. The van der Waals surface area contributed by atoms with Crippen LogP contribution < -0.4 is 5.32 Å². The van der Waals surface area contributed by atoms with Gasteiger partial charge in [-0.05, 0) is 30.2 Å². The van der Waals surface area contributed by atoms with Crippen LogP contribution in [0.5, 0.6) is 0 Å². The minimum Gasteiger partial charge on any atom is -0.355 e. The van der Waals surface area contributed by atoms with E-state index in [1.54, 1.807) is 6.08 Å². The van der Waals surface area contributed by atoms with Gasteiger partial charge < -0.3 is 5.32 Å². The molecule has 23 heavy (non-hydrogen) atoms. The second kappa shape index (κ2) is 7.67. The van der Waals surface area contributed by atoms with Crippen LogP contribution in [0.2, 0.25) is 0 Å². The number of carbonyl (C=O) groups is 3. The lowest BCUT2D eigenvalue weighted by atomic mass is 10.1. The maximum atomic E-state index is 12.9. The molecule has 0 radical (unpaired) electrons. The molecule has 0 spiro atoms. The first-order valence-electron chi connectivity index (χ1n) is 7.58. The lowest BCUT2D eigenvalue weighted by molar-refractivity contribution is -0.141. The number of halogens is 1. The molecule has 3 amide bonds. The summed E-state index contributed by atoms with van der Waals surface area (Å²) in [5.74, 6) is -1.58. The van der Waals surface area contributed by atoms with Crippen molar-refractivity contribution in [1.82, 2.24) is 10.2 Å². The zero-order valence-corrected chi connectivity index (χ0v) is 13.0. The van der Waals surface area contributed by atoms with E-state index in [-0.39, 0.29) is 24.7 Å². The second-order valence-corrected chi connectivity index (χ2v) is 5.39. The first kappa shape index (κ1) is 16.9. The Balaban J connectivity index is 2.02. The van der Waals surface area contributed by atoms with E-state index < -0.39 is 11.8 Å². The molecule has 0 atom stereocenters. The van der Waals surface area contributed by atoms with E-state index >= 15 is 0 Å². The number of nitrogens with zero attached hydrogens (tertiary/aromatic N) is 1. The SMILES string of the molecule is CCCCNC(=O)CN1C(=O)CC(=Cc2ccc(F)cc2)C1=O. The van der Waals surface area contributed by atoms with E-state index in [2.05, 4.69) is 5.32 Å². The molecule has 1 aromatic carbocycles. The molecular formula is C17H19FN2O3. The first-order chi connectivity index (χ1) is 11.0. The topological polar surface area (TPSA) is 66.5 Å². The summed E-state index contributed by atoms with van der Waals surface area (Å²) in [6, 6.07) is 5.62. The lowest BCUT2D eigenvalue weighted by Gasteiger charge is -2.13. The van der Waals surface area contributed by atoms with Crippen LogP contribution in [-0.2, 0) is 14.4 Å². The molecule has 0 aromatic heterocycles. The lowest BCUT2D eigenvalue weighted by Crippen LogP contribution is -2.40. The van der Waals surface area contributed by atoms with Crippen molar-refractivity contribution in [2.24, 2.45) is 0 Å². The Bertz CT molecular complexity index is 638. The van der Waals surface area contributed by atoms with Crippen molar-refractivity contribution in [3.63, 3.8) is 0 Å². The van der Waals surface area contributed by atoms with Crippen LogP contribution in [-0.4, -0.2) is 35.7 Å². The molecule has 2 rings (SSSR count). The average molecular weight is 318 g/mol. The molecule has 0 unspecified atom stereocenters. The van der Waals surface area contributed by atoms with Gasteiger partial charge in [-0.2, -0.15) is 0 Å². The van der Waals surface area contributed by atoms with Crippen LogP contribution in [0.3, 0.4) is 0 Å². The Morgan fingerprint density at radius 2 is 2.00 bits per heavy atom. The predicted molar refractivity (Wildman–Crippen MR) is 83.6 cm³/mol. The van der Waals surface area contributed by atoms with Crippen LogP contribution in [0.4, 0.5) is 4.39 Å². The van der Waals surface area contributed by atoms with E-state index in [1.165, 1.54) is 24.3 Å². The Hall–Kier alpha value is -2.50. The van der Waals surface area contributed by atoms with Gasteiger partial charge in [0.05, 0.1) is 6.42 Å². The quantitative estimate of drug-likeness (QED) is 0.495. The minimum absolute atomic E-state index is 0.0432. The largest absolute Gasteiger partial charge is 0.355 e. The monoisotopic (exact) mass is 318 g/mol. The highest BCUT2D eigenvalue weighted by atomic mass is 19.1. The summed E-state index contributed by atoms with van der Waals surface area (Å²) < 4.78 is 12.9. The molecule has 6 heteroatoms. The molecule has 122 valence electrons. The molecule has 5 nitrogen and oxygen atoms in total. The highest BCUT2D eigenvalue weighted by Gasteiger charge is 2.34. The zero-order chi connectivity index (χ0) is 16.8. The summed E-state index contributed by atoms with van der Waals surface area (Å²) in [6.45, 7) is 2.28. The van der Waals surface area contributed by atoms with Gasteiger partial charge in [0.1, 0.15) is 12.4 Å². The average Bonchev–Trinajstić information content (AvgIpc) is 2.77. The minimum atomic E-state index is -0.468. The normalized spacial score (nSPS) is 16.3. The predicted octanol–water partition coefficient (Wildman–Crippen LogP) is 1.88. The Morgan fingerprint density at radius 3 is 2.65 bits per heavy atom. The fraction of sp³-hybridized carbons (Fsp3) is 0.353. The van der Waals surface area contributed by atoms with Gasteiger partial charge in [0, 0.05) is 12.1 Å². The molecule has 1 aliphatic heterocycles. The maximum absolute atomic E-state index is 12.9. The van der Waals surface area contributed by atoms with Crippen molar-refractivity contribution in [3.8, 4) is 0 Å². The standard InChI is InChI=1S/C17H19FN2O3/c1-2-3-8-19-15(21)11-20-16(22)10-13(17(20)23)9-12-4-6-14(18)7-5-12/h4-7,9H,2-3,8,10-11H2,1H3,(H,19,21). The number of hydrogen-bond donors (Lipinski definition) is 1. The number of unbranched alkanes of at least 4 members (excludes halogenated alkanes) is 1. The van der Waals surface area contributed by atoms with Crippen molar-refractivity contribution in [2.45, 2.75) is 26.2 Å². The third-order valence-corrected chi connectivity index (χ3v) is 3.53. The second-order valence-electron chi connectivity index (χ2n) is 5.39. The molecule has 0 saturated carbocycles. The molecule has 1 fully saturated rings. The van der Waals surface area contributed by atoms with Gasteiger partial charge >= 0.3 is 0 Å². The number of carbonyl (C=O) groups excluding carboxylic acids is 3. The molecule has 0 aliphatic carbocycles. The molecule has 0 bridgehead atoms. The Morgan fingerprint density at radius 1 is 1.30 bits per heavy atom. The number of hydrogen-bond acceptors (Lipinski definition) is 3. The number of amides is 3. The van der Waals surface area contributed by atoms with Crippen LogP contribution in [0.15, 0.2) is 29.8 Å². The van der Waals surface area contributed by atoms with Gasteiger partial charge in [0.15, 0.2) is 0 Å². The van der Waals surface area contributed by atoms with Gasteiger partial charge in [0.2, 0.25) is 11.8 Å². The highest BCUT2D eigenvalue weighted by Crippen LogP contribution is 2.21. The van der Waals surface area contributed by atoms with Crippen molar-refractivity contribution in [2.75, 3.05) is 13.1 Å². The van der Waals surface area contributed by atoms with Crippen molar-refractivity contribution in [1.29, 1.82) is 0 Å². The summed E-state index contributed by atoms with van der Waals surface area (Å²) >= 11 is 0. The first-order valence-corrected chi connectivity index (χ1v) is 7.58. The van der Waals surface area contributed by atoms with E-state index in [1.807, 2.05) is 6.92 Å². The van der Waals surface area contributed by atoms with Crippen molar-refractivity contribution >= 4 is 23.8 Å². The summed E-state index contributed by atoms with van der Waals surface area (Å²) in [4.78, 5) is 36.9. The number of rotatable bonds is 6. The number of likely N-dealkylation sites (tertiary alicyclic amines) is 1. The van der Waals surface area contributed by atoms with E-state index in [9.17, 15) is 18.8 Å². The van der Waals surface area contributed by atoms with E-state index in [0.717, 1.165) is 17.7 Å². The molecule has 1 aliphatic rings. The Kier molecular flexibility index (Phi) is 5.62. The highest BCUT2D eigenvalue weighted by molar-refractivity contribution is 6.16. The van der Waals surface area contributed by atoms with E-state index in [4.69, 9.17) is 0 Å². The Labute approximate surface area is 134 Å². The van der Waals surface area contributed by atoms with Gasteiger partial charge in [-0.3, -0.25) is 19.3 Å². The smallest absolute Gasteiger partial charge is 0.257 e. The van der Waals surface area contributed by atoms with Crippen LogP contribution in [0.1, 0.15) is 31.7 Å². The molecule has 1 aromatic rings. The fourth-order valence-electron chi connectivity index (χ4n) is 2.26. The number of nitrogens with one attached hydrogen (secondary N) is 1. The maximum Gasteiger partial charge on any atom is 0.257 e. The van der Waals surface area contributed by atoms with Crippen LogP contribution >= 0.6 is 0 Å². The van der Waals surface area contributed by atoms with Gasteiger partial charge in [-0.25, -0.2) is 4.39 Å². The molecule has 1 heterocycles. The van der Waals surface area contributed by atoms with Crippen molar-refractivity contribution < 1.29 is 18.8 Å². The molecule has 1 saturated heterocycles. The summed E-state index contributed by atoms with van der Waals surface area (Å²) in [7, 11) is 0. The third-order valence-electron chi connectivity index (χ3n) is 3.53.